The van der Waals surface area contributed by atoms with Crippen molar-refractivity contribution < 1.29 is 19.1 Å². The zero-order valence-electron chi connectivity index (χ0n) is 15.7. The van der Waals surface area contributed by atoms with Crippen LogP contribution in [0, 0.1) is 5.41 Å². The average Bonchev–Trinajstić information content (AvgIpc) is 2.65. The average molecular weight is 385 g/mol. The Bertz CT molecular complexity index is 840. The van der Waals surface area contributed by atoms with Gasteiger partial charge in [-0.15, -0.1) is 11.8 Å². The van der Waals surface area contributed by atoms with Crippen LogP contribution >= 0.6 is 11.8 Å². The number of ketones is 1. The standard InChI is InChI=1S/C21H23NO4S/c1-21(2,3)20(24)22-15-6-4-14(5-7-15)17(23)13-27-16-8-9-18-19(12-16)26-11-10-25-18/h4-9,12H,10-11,13H2,1-3H3,(H,22,24). The maximum absolute atomic E-state index is 12.4. The fourth-order valence-electron chi connectivity index (χ4n) is 2.40. The van der Waals surface area contributed by atoms with Crippen molar-refractivity contribution in [2.24, 2.45) is 5.41 Å². The predicted molar refractivity (Wildman–Crippen MR) is 107 cm³/mol. The first kappa shape index (κ1) is 19.3. The highest BCUT2D eigenvalue weighted by Gasteiger charge is 2.21. The van der Waals surface area contributed by atoms with Crippen LogP contribution in [0.1, 0.15) is 31.1 Å². The summed E-state index contributed by atoms with van der Waals surface area (Å²) in [5.74, 6) is 1.76. The third-order valence-corrected chi connectivity index (χ3v) is 5.02. The number of ether oxygens (including phenoxy) is 2. The fourth-order valence-corrected chi connectivity index (χ4v) is 3.22. The minimum Gasteiger partial charge on any atom is -0.486 e. The summed E-state index contributed by atoms with van der Waals surface area (Å²) in [6, 6.07) is 12.7. The Hall–Kier alpha value is -2.47. The summed E-state index contributed by atoms with van der Waals surface area (Å²) < 4.78 is 11.1. The number of nitrogens with one attached hydrogen (secondary N) is 1. The van der Waals surface area contributed by atoms with Gasteiger partial charge in [0.25, 0.3) is 0 Å². The molecule has 1 heterocycles. The number of thioether (sulfide) groups is 1. The van der Waals surface area contributed by atoms with Gasteiger partial charge in [0.15, 0.2) is 17.3 Å². The molecule has 0 unspecified atom stereocenters. The maximum atomic E-state index is 12.4. The normalized spacial score (nSPS) is 13.1. The highest BCUT2D eigenvalue weighted by molar-refractivity contribution is 8.00. The Kier molecular flexibility index (Phi) is 5.75. The van der Waals surface area contributed by atoms with Crippen LogP contribution in [0.5, 0.6) is 11.5 Å². The molecule has 0 fully saturated rings. The second-order valence-electron chi connectivity index (χ2n) is 7.30. The number of hydrogen-bond donors (Lipinski definition) is 1. The molecule has 27 heavy (non-hydrogen) atoms. The van der Waals surface area contributed by atoms with Gasteiger partial charge in [0.05, 0.1) is 5.75 Å². The molecule has 0 aromatic heterocycles. The molecule has 0 aliphatic carbocycles. The first-order chi connectivity index (χ1) is 12.8. The topological polar surface area (TPSA) is 64.6 Å². The molecule has 0 bridgehead atoms. The number of fused-ring (bicyclic) bond motifs is 1. The number of rotatable bonds is 5. The molecular formula is C21H23NO4S. The minimum atomic E-state index is -0.464. The van der Waals surface area contributed by atoms with Gasteiger partial charge in [-0.1, -0.05) is 20.8 Å². The van der Waals surface area contributed by atoms with Crippen molar-refractivity contribution in [1.82, 2.24) is 0 Å². The molecule has 1 aliphatic rings. The molecule has 2 aromatic carbocycles. The number of carbonyl (C=O) groups excluding carboxylic acids is 2. The van der Waals surface area contributed by atoms with Crippen molar-refractivity contribution in [1.29, 1.82) is 0 Å². The first-order valence-electron chi connectivity index (χ1n) is 8.80. The third kappa shape index (κ3) is 5.04. The summed E-state index contributed by atoms with van der Waals surface area (Å²) in [5.41, 5.74) is 0.842. The molecule has 1 aliphatic heterocycles. The zero-order valence-corrected chi connectivity index (χ0v) is 16.5. The van der Waals surface area contributed by atoms with E-state index < -0.39 is 5.41 Å². The van der Waals surface area contributed by atoms with E-state index >= 15 is 0 Å². The summed E-state index contributed by atoms with van der Waals surface area (Å²) in [7, 11) is 0. The van der Waals surface area contributed by atoms with E-state index in [-0.39, 0.29) is 11.7 Å². The molecule has 0 saturated carbocycles. The van der Waals surface area contributed by atoms with Crippen molar-refractivity contribution >= 4 is 29.1 Å². The van der Waals surface area contributed by atoms with Gasteiger partial charge in [-0.05, 0) is 42.5 Å². The number of hydrogen-bond acceptors (Lipinski definition) is 5. The van der Waals surface area contributed by atoms with Gasteiger partial charge in [-0.2, -0.15) is 0 Å². The van der Waals surface area contributed by atoms with Gasteiger partial charge in [0.1, 0.15) is 13.2 Å². The lowest BCUT2D eigenvalue weighted by Crippen LogP contribution is -2.27. The molecule has 0 atom stereocenters. The van der Waals surface area contributed by atoms with Crippen LogP contribution in [-0.4, -0.2) is 30.7 Å². The Morgan fingerprint density at radius 3 is 2.33 bits per heavy atom. The number of anilines is 1. The van der Waals surface area contributed by atoms with Crippen LogP contribution in [0.4, 0.5) is 5.69 Å². The van der Waals surface area contributed by atoms with Crippen molar-refractivity contribution in [2.45, 2.75) is 25.7 Å². The van der Waals surface area contributed by atoms with E-state index in [9.17, 15) is 9.59 Å². The Morgan fingerprint density at radius 1 is 1.00 bits per heavy atom. The summed E-state index contributed by atoms with van der Waals surface area (Å²) in [6.45, 7) is 6.67. The molecule has 0 saturated heterocycles. The minimum absolute atomic E-state index is 0.0311. The molecule has 3 rings (SSSR count). The molecule has 0 radical (unpaired) electrons. The predicted octanol–water partition coefficient (Wildman–Crippen LogP) is 4.42. The van der Waals surface area contributed by atoms with E-state index in [1.54, 1.807) is 24.3 Å². The van der Waals surface area contributed by atoms with E-state index in [2.05, 4.69) is 5.32 Å². The smallest absolute Gasteiger partial charge is 0.229 e. The van der Waals surface area contributed by atoms with Crippen molar-refractivity contribution in [3.63, 3.8) is 0 Å². The quantitative estimate of drug-likeness (QED) is 0.610. The number of Topliss-reactive ketones (excluding diaryl/α,β-unsaturated/α-hetero) is 1. The van der Waals surface area contributed by atoms with Gasteiger partial charge in [-0.25, -0.2) is 0 Å². The second-order valence-corrected chi connectivity index (χ2v) is 8.35. The Morgan fingerprint density at radius 2 is 1.67 bits per heavy atom. The maximum Gasteiger partial charge on any atom is 0.229 e. The van der Waals surface area contributed by atoms with E-state index in [1.807, 2.05) is 39.0 Å². The largest absolute Gasteiger partial charge is 0.486 e. The molecule has 1 amide bonds. The van der Waals surface area contributed by atoms with Gasteiger partial charge in [-0.3, -0.25) is 9.59 Å². The van der Waals surface area contributed by atoms with Gasteiger partial charge in [0, 0.05) is 21.6 Å². The van der Waals surface area contributed by atoms with E-state index in [4.69, 9.17) is 9.47 Å². The van der Waals surface area contributed by atoms with Crippen LogP contribution in [0.15, 0.2) is 47.4 Å². The summed E-state index contributed by atoms with van der Waals surface area (Å²) >= 11 is 1.46. The lowest BCUT2D eigenvalue weighted by Gasteiger charge is -2.18. The summed E-state index contributed by atoms with van der Waals surface area (Å²) in [6.07, 6.45) is 0. The third-order valence-electron chi connectivity index (χ3n) is 4.03. The van der Waals surface area contributed by atoms with E-state index in [1.165, 1.54) is 11.8 Å². The van der Waals surface area contributed by atoms with Gasteiger partial charge in [0.2, 0.25) is 5.91 Å². The van der Waals surface area contributed by atoms with Crippen LogP contribution < -0.4 is 14.8 Å². The fraction of sp³-hybridized carbons (Fsp3) is 0.333. The molecule has 142 valence electrons. The number of amides is 1. The van der Waals surface area contributed by atoms with Crippen LogP contribution in [0.3, 0.4) is 0 Å². The zero-order chi connectivity index (χ0) is 19.4. The van der Waals surface area contributed by atoms with E-state index in [0.717, 1.165) is 16.4 Å². The summed E-state index contributed by atoms with van der Waals surface area (Å²) in [5, 5.41) is 2.85. The molecule has 1 N–H and O–H groups in total. The lowest BCUT2D eigenvalue weighted by molar-refractivity contribution is -0.123. The van der Waals surface area contributed by atoms with Crippen LogP contribution in [-0.2, 0) is 4.79 Å². The molecular weight excluding hydrogens is 362 g/mol. The monoisotopic (exact) mass is 385 g/mol. The van der Waals surface area contributed by atoms with Gasteiger partial charge < -0.3 is 14.8 Å². The first-order valence-corrected chi connectivity index (χ1v) is 9.79. The molecule has 0 spiro atoms. The number of carbonyl (C=O) groups is 2. The molecule has 6 heteroatoms. The van der Waals surface area contributed by atoms with Crippen molar-refractivity contribution in [3.05, 3.63) is 48.0 Å². The van der Waals surface area contributed by atoms with E-state index in [0.29, 0.717) is 30.2 Å². The highest BCUT2D eigenvalue weighted by Crippen LogP contribution is 2.34. The summed E-state index contributed by atoms with van der Waals surface area (Å²) in [4.78, 5) is 25.4. The van der Waals surface area contributed by atoms with Crippen LogP contribution in [0.2, 0.25) is 0 Å². The van der Waals surface area contributed by atoms with Crippen molar-refractivity contribution in [3.8, 4) is 11.5 Å². The molecule has 2 aromatic rings. The second kappa shape index (κ2) is 8.05. The molecule has 5 nitrogen and oxygen atoms in total. The Labute approximate surface area is 163 Å². The number of benzene rings is 2. The highest BCUT2D eigenvalue weighted by atomic mass is 32.2. The Balaban J connectivity index is 1.57. The van der Waals surface area contributed by atoms with Crippen molar-refractivity contribution in [2.75, 3.05) is 24.3 Å². The van der Waals surface area contributed by atoms with Gasteiger partial charge >= 0.3 is 0 Å². The SMILES string of the molecule is CC(C)(C)C(=O)Nc1ccc(C(=O)CSc2ccc3c(c2)OCCO3)cc1. The van der Waals surface area contributed by atoms with Crippen LogP contribution in [0.25, 0.3) is 0 Å². The lowest BCUT2D eigenvalue weighted by atomic mass is 9.95.